The molecule has 1 aliphatic heterocycles. The molecule has 1 amide bonds. The number of ether oxygens (including phenoxy) is 1. The van der Waals surface area contributed by atoms with Crippen molar-refractivity contribution in [2.24, 2.45) is 0 Å². The molecule has 1 aliphatic rings. The second-order valence-electron chi connectivity index (χ2n) is 7.73. The molecule has 162 valence electrons. The van der Waals surface area contributed by atoms with Gasteiger partial charge in [-0.2, -0.15) is 0 Å². The van der Waals surface area contributed by atoms with Crippen molar-refractivity contribution >= 4 is 16.8 Å². The van der Waals surface area contributed by atoms with Gasteiger partial charge < -0.3 is 14.6 Å². The van der Waals surface area contributed by atoms with Gasteiger partial charge in [0.2, 0.25) is 5.88 Å². The van der Waals surface area contributed by atoms with E-state index in [2.05, 4.69) is 15.0 Å². The molecule has 0 radical (unpaired) electrons. The van der Waals surface area contributed by atoms with Crippen LogP contribution in [0.3, 0.4) is 0 Å². The average Bonchev–Trinajstić information content (AvgIpc) is 3.35. The van der Waals surface area contributed by atoms with Crippen molar-refractivity contribution in [1.82, 2.24) is 19.9 Å². The first-order chi connectivity index (χ1) is 15.5. The highest BCUT2D eigenvalue weighted by Gasteiger charge is 2.47. The summed E-state index contributed by atoms with van der Waals surface area (Å²) in [6.45, 7) is -0.285. The smallest absolute Gasteiger partial charge is 0.287 e. The van der Waals surface area contributed by atoms with Gasteiger partial charge in [0.25, 0.3) is 11.8 Å². The molecule has 0 bridgehead atoms. The number of H-pyrrole nitrogens is 1. The van der Waals surface area contributed by atoms with Crippen LogP contribution >= 0.6 is 0 Å². The molecule has 2 aromatic carbocycles. The summed E-state index contributed by atoms with van der Waals surface area (Å²) < 4.78 is 34.9. The molecule has 1 saturated heterocycles. The van der Waals surface area contributed by atoms with Crippen LogP contribution in [0, 0.1) is 0 Å². The molecule has 5 rings (SSSR count). The highest BCUT2D eigenvalue weighted by molar-refractivity contribution is 5.95. The first kappa shape index (κ1) is 20.1. The summed E-state index contributed by atoms with van der Waals surface area (Å²) in [4.78, 5) is 26.0. The predicted octanol–water partition coefficient (Wildman–Crippen LogP) is 4.55. The first-order valence-corrected chi connectivity index (χ1v) is 10.3. The fraction of sp³-hybridized carbons (Fsp3) is 0.208. The number of aromatic amines is 1. The van der Waals surface area contributed by atoms with Crippen LogP contribution in [0.5, 0.6) is 5.88 Å². The van der Waals surface area contributed by atoms with Gasteiger partial charge in [0, 0.05) is 47.9 Å². The Morgan fingerprint density at radius 2 is 2.00 bits per heavy atom. The number of carbonyl (C=O) groups is 1. The number of piperidine rings is 1. The zero-order valence-electron chi connectivity index (χ0n) is 17.0. The third-order valence-electron chi connectivity index (χ3n) is 5.58. The number of carbonyl (C=O) groups excluding carboxylic acids is 1. The zero-order valence-corrected chi connectivity index (χ0v) is 17.0. The van der Waals surface area contributed by atoms with E-state index in [4.69, 9.17) is 4.74 Å². The van der Waals surface area contributed by atoms with Gasteiger partial charge in [0.15, 0.2) is 6.10 Å². The fourth-order valence-corrected chi connectivity index (χ4v) is 3.84. The molecular formula is C24H20F2N4O2. The van der Waals surface area contributed by atoms with Crippen LogP contribution in [-0.4, -0.2) is 50.9 Å². The summed E-state index contributed by atoms with van der Waals surface area (Å²) >= 11 is 0. The Morgan fingerprint density at radius 1 is 1.12 bits per heavy atom. The Bertz CT molecular complexity index is 1260. The molecule has 0 spiro atoms. The van der Waals surface area contributed by atoms with Crippen LogP contribution in [0.1, 0.15) is 16.8 Å². The maximum Gasteiger partial charge on any atom is 0.287 e. The topological polar surface area (TPSA) is 71.1 Å². The molecule has 0 aliphatic carbocycles. The number of pyridine rings is 1. The van der Waals surface area contributed by atoms with Crippen LogP contribution in [-0.2, 0) is 0 Å². The largest absolute Gasteiger partial charge is 0.466 e. The number of para-hydroxylation sites is 1. The molecule has 8 heteroatoms. The molecular weight excluding hydrogens is 414 g/mol. The van der Waals surface area contributed by atoms with Crippen molar-refractivity contribution in [3.8, 4) is 17.3 Å². The van der Waals surface area contributed by atoms with Crippen molar-refractivity contribution in [2.75, 3.05) is 13.1 Å². The Morgan fingerprint density at radius 3 is 2.84 bits per heavy atom. The maximum absolute atomic E-state index is 14.7. The summed E-state index contributed by atoms with van der Waals surface area (Å²) in [5.74, 6) is -2.65. The molecule has 1 atom stereocenters. The second kappa shape index (κ2) is 8.03. The molecule has 32 heavy (non-hydrogen) atoms. The number of amides is 1. The van der Waals surface area contributed by atoms with Gasteiger partial charge >= 0.3 is 0 Å². The molecule has 0 saturated carbocycles. The molecule has 3 heterocycles. The van der Waals surface area contributed by atoms with Gasteiger partial charge in [-0.1, -0.05) is 30.3 Å². The Kier molecular flexibility index (Phi) is 5.05. The quantitative estimate of drug-likeness (QED) is 0.511. The van der Waals surface area contributed by atoms with E-state index in [0.29, 0.717) is 16.9 Å². The molecule has 6 nitrogen and oxygen atoms in total. The fourth-order valence-electron chi connectivity index (χ4n) is 3.84. The van der Waals surface area contributed by atoms with Crippen LogP contribution < -0.4 is 4.74 Å². The SMILES string of the molecule is O=C(c1cccc(-c2ncc[nH]2)c1)N1CCC(F)(F)[C@@H](Oc2ccc3ccccc3n2)C1. The van der Waals surface area contributed by atoms with Crippen molar-refractivity contribution in [3.63, 3.8) is 0 Å². The predicted molar refractivity (Wildman–Crippen MR) is 116 cm³/mol. The van der Waals surface area contributed by atoms with Crippen molar-refractivity contribution in [1.29, 1.82) is 0 Å². The lowest BCUT2D eigenvalue weighted by molar-refractivity contribution is -0.131. The Labute approximate surface area is 182 Å². The molecule has 1 fully saturated rings. The number of halogens is 2. The van der Waals surface area contributed by atoms with E-state index in [0.717, 1.165) is 10.9 Å². The lowest BCUT2D eigenvalue weighted by atomic mass is 10.0. The van der Waals surface area contributed by atoms with Gasteiger partial charge in [0.05, 0.1) is 12.1 Å². The Hall–Kier alpha value is -3.81. The van der Waals surface area contributed by atoms with Gasteiger partial charge in [-0.3, -0.25) is 4.79 Å². The van der Waals surface area contributed by atoms with Crippen LogP contribution in [0.15, 0.2) is 73.1 Å². The third kappa shape index (κ3) is 3.91. The van der Waals surface area contributed by atoms with E-state index >= 15 is 0 Å². The minimum absolute atomic E-state index is 0.0537. The van der Waals surface area contributed by atoms with E-state index in [1.807, 2.05) is 24.3 Å². The molecule has 2 aromatic heterocycles. The summed E-state index contributed by atoms with van der Waals surface area (Å²) in [7, 11) is 0. The normalized spacial score (nSPS) is 17.9. The number of nitrogens with one attached hydrogen (secondary N) is 1. The van der Waals surface area contributed by atoms with E-state index in [1.165, 1.54) is 4.90 Å². The van der Waals surface area contributed by atoms with Crippen molar-refractivity contribution in [2.45, 2.75) is 18.4 Å². The summed E-state index contributed by atoms with van der Waals surface area (Å²) in [6, 6.07) is 17.7. The summed E-state index contributed by atoms with van der Waals surface area (Å²) in [6.07, 6.45) is 1.36. The number of imidazole rings is 1. The number of likely N-dealkylation sites (tertiary alicyclic amines) is 1. The maximum atomic E-state index is 14.7. The monoisotopic (exact) mass is 434 g/mol. The van der Waals surface area contributed by atoms with E-state index in [-0.39, 0.29) is 24.9 Å². The molecule has 0 unspecified atom stereocenters. The van der Waals surface area contributed by atoms with Crippen molar-refractivity contribution < 1.29 is 18.3 Å². The van der Waals surface area contributed by atoms with Crippen LogP contribution in [0.25, 0.3) is 22.3 Å². The van der Waals surface area contributed by atoms with Gasteiger partial charge in [-0.15, -0.1) is 0 Å². The number of fused-ring (bicyclic) bond motifs is 1. The van der Waals surface area contributed by atoms with E-state index in [9.17, 15) is 13.6 Å². The number of aromatic nitrogens is 3. The number of rotatable bonds is 4. The lowest BCUT2D eigenvalue weighted by Crippen LogP contribution is -2.55. The highest BCUT2D eigenvalue weighted by Crippen LogP contribution is 2.32. The first-order valence-electron chi connectivity index (χ1n) is 10.3. The summed E-state index contributed by atoms with van der Waals surface area (Å²) in [5, 5.41) is 0.892. The van der Waals surface area contributed by atoms with Crippen molar-refractivity contribution in [3.05, 3.63) is 78.6 Å². The highest BCUT2D eigenvalue weighted by atomic mass is 19.3. The molecule has 1 N–H and O–H groups in total. The third-order valence-corrected chi connectivity index (χ3v) is 5.58. The number of benzene rings is 2. The van der Waals surface area contributed by atoms with Crippen LogP contribution in [0.2, 0.25) is 0 Å². The Balaban J connectivity index is 1.36. The number of hydrogen-bond acceptors (Lipinski definition) is 4. The average molecular weight is 434 g/mol. The minimum atomic E-state index is -3.07. The summed E-state index contributed by atoms with van der Waals surface area (Å²) in [5.41, 5.74) is 1.81. The van der Waals surface area contributed by atoms with E-state index < -0.39 is 18.4 Å². The van der Waals surface area contributed by atoms with E-state index in [1.54, 1.807) is 48.8 Å². The van der Waals surface area contributed by atoms with Gasteiger partial charge in [0.1, 0.15) is 5.82 Å². The number of alkyl halides is 2. The number of nitrogens with zero attached hydrogens (tertiary/aromatic N) is 3. The van der Waals surface area contributed by atoms with Crippen LogP contribution in [0.4, 0.5) is 8.78 Å². The lowest BCUT2D eigenvalue weighted by Gasteiger charge is -2.38. The zero-order chi connectivity index (χ0) is 22.1. The minimum Gasteiger partial charge on any atom is -0.466 e. The number of hydrogen-bond donors (Lipinski definition) is 1. The second-order valence-corrected chi connectivity index (χ2v) is 7.73. The van der Waals surface area contributed by atoms with Gasteiger partial charge in [-0.25, -0.2) is 18.7 Å². The molecule has 4 aromatic rings. The van der Waals surface area contributed by atoms with Gasteiger partial charge in [-0.05, 0) is 24.3 Å². The standard InChI is InChI=1S/C24H20F2N4O2/c25-24(26)10-13-30(23(31)18-6-3-5-17(14-18)22-27-11-12-28-22)15-20(24)32-21-9-8-16-4-1-2-7-19(16)29-21/h1-9,11-12,14,20H,10,13,15H2,(H,27,28)/t20-/m0/s1.